The van der Waals surface area contributed by atoms with Crippen molar-refractivity contribution in [2.24, 2.45) is 5.73 Å². The summed E-state index contributed by atoms with van der Waals surface area (Å²) >= 11 is 0. The number of para-hydroxylation sites is 1. The first-order chi connectivity index (χ1) is 6.81. The van der Waals surface area contributed by atoms with Crippen molar-refractivity contribution in [3.8, 4) is 5.69 Å². The van der Waals surface area contributed by atoms with Gasteiger partial charge in [0.1, 0.15) is 0 Å². The first kappa shape index (κ1) is 8.71. The zero-order valence-corrected chi connectivity index (χ0v) is 7.43. The number of nitrogens with zero attached hydrogens (tertiary/aromatic N) is 1. The normalized spacial score (nSPS) is 10.4. The van der Waals surface area contributed by atoms with Gasteiger partial charge in [0.25, 0.3) is 6.20 Å². The number of aromatic amines is 1. The Labute approximate surface area is 79.7 Å². The summed E-state index contributed by atoms with van der Waals surface area (Å²) in [5.41, 5.74) is 6.90. The third-order valence-corrected chi connectivity index (χ3v) is 1.95. The molecule has 0 bridgehead atoms. The fourth-order valence-electron chi connectivity index (χ4n) is 1.29. The average molecular weight is 192 g/mol. The summed E-state index contributed by atoms with van der Waals surface area (Å²) < 4.78 is 6.06. The second-order valence-electron chi connectivity index (χ2n) is 2.84. The zero-order valence-electron chi connectivity index (χ0n) is 7.43. The molecule has 0 amide bonds. The van der Waals surface area contributed by atoms with Gasteiger partial charge in [-0.2, -0.15) is 0 Å². The molecule has 2 aromatic rings. The van der Waals surface area contributed by atoms with E-state index < -0.39 is 5.63 Å². The molecule has 0 fully saturated rings. The zero-order chi connectivity index (χ0) is 9.97. The van der Waals surface area contributed by atoms with Crippen LogP contribution >= 0.6 is 0 Å². The molecule has 0 aliphatic carbocycles. The summed E-state index contributed by atoms with van der Waals surface area (Å²) in [7, 11) is 0. The Bertz CT molecular complexity index is 487. The van der Waals surface area contributed by atoms with E-state index in [-0.39, 0.29) is 0 Å². The Balaban J connectivity index is 2.55. The molecule has 1 aromatic carbocycles. The van der Waals surface area contributed by atoms with Crippen LogP contribution in [0.1, 0.15) is 5.56 Å². The van der Waals surface area contributed by atoms with Gasteiger partial charge in [-0.15, -0.1) is 0 Å². The van der Waals surface area contributed by atoms with Crippen LogP contribution in [0.2, 0.25) is 0 Å². The smallest absolute Gasteiger partial charge is 0.326 e. The van der Waals surface area contributed by atoms with E-state index in [1.54, 1.807) is 0 Å². The molecule has 0 aliphatic rings. The van der Waals surface area contributed by atoms with Gasteiger partial charge in [0, 0.05) is 18.2 Å². The van der Waals surface area contributed by atoms with Crippen LogP contribution in [0.25, 0.3) is 5.69 Å². The monoisotopic (exact) mass is 192 g/mol. The number of hydrogen-bond acceptors (Lipinski definition) is 3. The van der Waals surface area contributed by atoms with Gasteiger partial charge in [-0.3, -0.25) is 4.52 Å². The Morgan fingerprint density at radius 3 is 2.86 bits per heavy atom. The molecule has 0 saturated heterocycles. The summed E-state index contributed by atoms with van der Waals surface area (Å²) in [6.07, 6.45) is 1.33. The number of H-pyrrole nitrogens is 1. The molecule has 2 rings (SSSR count). The highest BCUT2D eigenvalue weighted by molar-refractivity contribution is 5.32. The Kier molecular flexibility index (Phi) is 2.16. The molecule has 1 heterocycles. The molecular weight excluding hydrogens is 182 g/mol. The minimum atomic E-state index is -0.420. The Hall–Kier alpha value is -1.88. The van der Waals surface area contributed by atoms with Crippen LogP contribution in [0.4, 0.5) is 0 Å². The molecule has 0 unspecified atom stereocenters. The second-order valence-corrected chi connectivity index (χ2v) is 2.84. The van der Waals surface area contributed by atoms with Crippen LogP contribution in [0.5, 0.6) is 0 Å². The Morgan fingerprint density at radius 2 is 2.21 bits per heavy atom. The van der Waals surface area contributed by atoms with E-state index in [0.29, 0.717) is 6.54 Å². The number of nitrogens with one attached hydrogen (secondary N) is 1. The number of aromatic nitrogens is 2. The molecule has 5 nitrogen and oxygen atoms in total. The van der Waals surface area contributed by atoms with E-state index in [1.807, 2.05) is 24.3 Å². The fourth-order valence-corrected chi connectivity index (χ4v) is 1.29. The van der Waals surface area contributed by atoms with Crippen LogP contribution in [-0.2, 0) is 6.54 Å². The van der Waals surface area contributed by atoms with Crippen molar-refractivity contribution in [2.45, 2.75) is 6.54 Å². The lowest BCUT2D eigenvalue weighted by Gasteiger charge is -1.96. The molecule has 3 N–H and O–H groups in total. The van der Waals surface area contributed by atoms with E-state index in [2.05, 4.69) is 9.79 Å². The molecule has 5 heteroatoms. The number of benzene rings is 1. The van der Waals surface area contributed by atoms with Crippen LogP contribution in [0.15, 0.2) is 39.8 Å². The van der Waals surface area contributed by atoms with Crippen molar-refractivity contribution in [1.82, 2.24) is 5.27 Å². The van der Waals surface area contributed by atoms with Gasteiger partial charge in [-0.05, 0) is 9.95 Å². The predicted octanol–water partition coefficient (Wildman–Crippen LogP) is -0.297. The number of nitrogens with two attached hydrogens (primary N) is 1. The minimum Gasteiger partial charge on any atom is -0.326 e. The Morgan fingerprint density at radius 1 is 1.43 bits per heavy atom. The highest BCUT2D eigenvalue weighted by Gasteiger charge is 2.13. The van der Waals surface area contributed by atoms with Crippen molar-refractivity contribution in [3.63, 3.8) is 0 Å². The van der Waals surface area contributed by atoms with Gasteiger partial charge in [0.2, 0.25) is 5.69 Å². The highest BCUT2D eigenvalue weighted by atomic mass is 16.5. The van der Waals surface area contributed by atoms with Crippen LogP contribution in [-0.4, -0.2) is 5.27 Å². The number of hydrogen-bond donors (Lipinski definition) is 2. The maximum atomic E-state index is 10.8. The largest absolute Gasteiger partial charge is 0.427 e. The summed E-state index contributed by atoms with van der Waals surface area (Å²) in [5.74, 6) is 0. The standard InChI is InChI=1S/C9H9N3O2/c10-5-7-3-1-2-4-8(7)12-6-9(13)14-11-12/h1-4,6H,5,10H2/p+1. The molecule has 0 atom stereocenters. The third-order valence-electron chi connectivity index (χ3n) is 1.95. The number of rotatable bonds is 2. The lowest BCUT2D eigenvalue weighted by molar-refractivity contribution is -0.670. The van der Waals surface area contributed by atoms with Gasteiger partial charge < -0.3 is 5.73 Å². The van der Waals surface area contributed by atoms with Crippen LogP contribution in [0, 0.1) is 0 Å². The third kappa shape index (κ3) is 1.45. The summed E-state index contributed by atoms with van der Waals surface area (Å²) in [6.45, 7) is 0.413. The van der Waals surface area contributed by atoms with Crippen LogP contribution in [0.3, 0.4) is 0 Å². The minimum absolute atomic E-state index is 0.413. The molecule has 0 spiro atoms. The second kappa shape index (κ2) is 3.47. The van der Waals surface area contributed by atoms with Gasteiger partial charge >= 0.3 is 5.63 Å². The van der Waals surface area contributed by atoms with Crippen molar-refractivity contribution < 1.29 is 9.20 Å². The molecular formula is C9H10N3O2+. The SMILES string of the molecule is NCc1ccccc1-[n+]1cc(=O)o[nH]1. The molecule has 14 heavy (non-hydrogen) atoms. The molecule has 0 aliphatic heterocycles. The highest BCUT2D eigenvalue weighted by Crippen LogP contribution is 2.05. The van der Waals surface area contributed by atoms with Crippen molar-refractivity contribution in [1.29, 1.82) is 0 Å². The lowest BCUT2D eigenvalue weighted by Crippen LogP contribution is -2.34. The summed E-state index contributed by atoms with van der Waals surface area (Å²) in [6, 6.07) is 7.51. The molecule has 1 aromatic heterocycles. The van der Waals surface area contributed by atoms with Crippen molar-refractivity contribution in [3.05, 3.63) is 46.4 Å². The summed E-state index contributed by atoms with van der Waals surface area (Å²) in [4.78, 5) is 10.8. The predicted molar refractivity (Wildman–Crippen MR) is 48.8 cm³/mol. The maximum absolute atomic E-state index is 10.8. The lowest BCUT2D eigenvalue weighted by atomic mass is 10.2. The van der Waals surface area contributed by atoms with E-state index in [9.17, 15) is 4.79 Å². The fraction of sp³-hybridized carbons (Fsp3) is 0.111. The first-order valence-electron chi connectivity index (χ1n) is 4.20. The molecule has 0 radical (unpaired) electrons. The van der Waals surface area contributed by atoms with E-state index in [0.717, 1.165) is 11.3 Å². The van der Waals surface area contributed by atoms with Gasteiger partial charge in [-0.25, -0.2) is 4.79 Å². The van der Waals surface area contributed by atoms with Crippen molar-refractivity contribution in [2.75, 3.05) is 0 Å². The quantitative estimate of drug-likeness (QED) is 0.641. The van der Waals surface area contributed by atoms with Gasteiger partial charge in [0.15, 0.2) is 0 Å². The first-order valence-corrected chi connectivity index (χ1v) is 4.20. The summed E-state index contributed by atoms with van der Waals surface area (Å²) in [5, 5.41) is 2.47. The van der Waals surface area contributed by atoms with Crippen molar-refractivity contribution >= 4 is 0 Å². The topological polar surface area (TPSA) is 75.9 Å². The van der Waals surface area contributed by atoms with E-state index in [4.69, 9.17) is 5.73 Å². The molecule has 0 saturated carbocycles. The van der Waals surface area contributed by atoms with Gasteiger partial charge in [0.05, 0.1) is 0 Å². The van der Waals surface area contributed by atoms with Gasteiger partial charge in [-0.1, -0.05) is 18.2 Å². The van der Waals surface area contributed by atoms with E-state index >= 15 is 0 Å². The van der Waals surface area contributed by atoms with Crippen LogP contribution < -0.4 is 16.0 Å². The molecule has 72 valence electrons. The maximum Gasteiger partial charge on any atom is 0.427 e. The van der Waals surface area contributed by atoms with E-state index in [1.165, 1.54) is 10.9 Å². The average Bonchev–Trinajstić information content (AvgIpc) is 2.65.